The van der Waals surface area contributed by atoms with Crippen molar-refractivity contribution in [3.8, 4) is 5.75 Å². The highest BCUT2D eigenvalue weighted by Crippen LogP contribution is 2.16. The molecule has 0 atom stereocenters. The standard InChI is InChI=1S/C14H23NO2/c1-12-9-13(2)11-14(10-12)17-8-4-3-5-15-6-7-16/h9-11,15-16H,3-8H2,1-2H3/p+1. The van der Waals surface area contributed by atoms with Crippen LogP contribution >= 0.6 is 0 Å². The number of unbranched alkanes of at least 4 members (excludes halogenated alkanes) is 1. The Morgan fingerprint density at radius 1 is 1.06 bits per heavy atom. The molecule has 0 saturated heterocycles. The predicted molar refractivity (Wildman–Crippen MR) is 69.4 cm³/mol. The van der Waals surface area contributed by atoms with E-state index >= 15 is 0 Å². The van der Waals surface area contributed by atoms with Gasteiger partial charge in [0.25, 0.3) is 0 Å². The molecule has 1 rings (SSSR count). The van der Waals surface area contributed by atoms with Gasteiger partial charge in [0, 0.05) is 0 Å². The molecular weight excluding hydrogens is 214 g/mol. The van der Waals surface area contributed by atoms with Gasteiger partial charge in [-0.15, -0.1) is 0 Å². The van der Waals surface area contributed by atoms with Crippen LogP contribution in [0.25, 0.3) is 0 Å². The highest BCUT2D eigenvalue weighted by molar-refractivity contribution is 5.32. The summed E-state index contributed by atoms with van der Waals surface area (Å²) < 4.78 is 5.71. The van der Waals surface area contributed by atoms with Crippen LogP contribution in [0.15, 0.2) is 18.2 Å². The van der Waals surface area contributed by atoms with Gasteiger partial charge in [-0.05, 0) is 49.9 Å². The minimum atomic E-state index is 0.263. The molecule has 0 aliphatic heterocycles. The maximum Gasteiger partial charge on any atom is 0.119 e. The number of aliphatic hydroxyl groups excluding tert-OH is 1. The van der Waals surface area contributed by atoms with Gasteiger partial charge in [0.1, 0.15) is 5.75 Å². The number of aryl methyl sites for hydroxylation is 2. The smallest absolute Gasteiger partial charge is 0.119 e. The van der Waals surface area contributed by atoms with Gasteiger partial charge in [-0.1, -0.05) is 6.07 Å². The molecule has 0 unspecified atom stereocenters. The van der Waals surface area contributed by atoms with Crippen molar-refractivity contribution in [1.29, 1.82) is 0 Å². The van der Waals surface area contributed by atoms with Crippen LogP contribution in [-0.4, -0.2) is 31.4 Å². The number of rotatable bonds is 8. The molecule has 1 aromatic carbocycles. The number of ether oxygens (including phenoxy) is 1. The largest absolute Gasteiger partial charge is 0.494 e. The normalized spacial score (nSPS) is 10.5. The average molecular weight is 238 g/mol. The van der Waals surface area contributed by atoms with Gasteiger partial charge < -0.3 is 15.2 Å². The lowest BCUT2D eigenvalue weighted by atomic mass is 10.1. The topological polar surface area (TPSA) is 46.1 Å². The van der Waals surface area contributed by atoms with E-state index in [0.717, 1.165) is 38.3 Å². The van der Waals surface area contributed by atoms with Crippen molar-refractivity contribution in [2.45, 2.75) is 26.7 Å². The number of hydrogen-bond acceptors (Lipinski definition) is 2. The molecule has 96 valence electrons. The van der Waals surface area contributed by atoms with Crippen LogP contribution in [0.3, 0.4) is 0 Å². The van der Waals surface area contributed by atoms with Gasteiger partial charge in [-0.25, -0.2) is 0 Å². The first-order chi connectivity index (χ1) is 8.22. The number of quaternary nitrogens is 1. The van der Waals surface area contributed by atoms with Crippen molar-refractivity contribution in [2.24, 2.45) is 0 Å². The Morgan fingerprint density at radius 2 is 1.76 bits per heavy atom. The summed E-state index contributed by atoms with van der Waals surface area (Å²) in [6.07, 6.45) is 2.19. The van der Waals surface area contributed by atoms with Crippen molar-refractivity contribution in [3.63, 3.8) is 0 Å². The number of aliphatic hydroxyl groups is 1. The van der Waals surface area contributed by atoms with E-state index in [2.05, 4.69) is 37.4 Å². The lowest BCUT2D eigenvalue weighted by molar-refractivity contribution is -0.656. The molecule has 3 nitrogen and oxygen atoms in total. The molecule has 0 amide bonds. The molecule has 0 aliphatic carbocycles. The predicted octanol–water partition coefficient (Wildman–Crippen LogP) is 1.02. The van der Waals surface area contributed by atoms with E-state index in [9.17, 15) is 0 Å². The maximum atomic E-state index is 8.61. The summed E-state index contributed by atoms with van der Waals surface area (Å²) >= 11 is 0. The first kappa shape index (κ1) is 14.0. The summed E-state index contributed by atoms with van der Waals surface area (Å²) in [5.41, 5.74) is 2.49. The van der Waals surface area contributed by atoms with Crippen molar-refractivity contribution < 1.29 is 15.2 Å². The molecule has 1 aromatic rings. The molecule has 0 saturated carbocycles. The van der Waals surface area contributed by atoms with Gasteiger partial charge in [0.2, 0.25) is 0 Å². The van der Waals surface area contributed by atoms with E-state index in [4.69, 9.17) is 9.84 Å². The van der Waals surface area contributed by atoms with E-state index in [1.165, 1.54) is 11.1 Å². The van der Waals surface area contributed by atoms with Gasteiger partial charge >= 0.3 is 0 Å². The van der Waals surface area contributed by atoms with E-state index in [-0.39, 0.29) is 6.61 Å². The van der Waals surface area contributed by atoms with Gasteiger partial charge in [0.05, 0.1) is 26.3 Å². The van der Waals surface area contributed by atoms with E-state index in [0.29, 0.717) is 0 Å². The lowest BCUT2D eigenvalue weighted by Gasteiger charge is -2.07. The Kier molecular flexibility index (Phi) is 6.67. The zero-order valence-corrected chi connectivity index (χ0v) is 10.9. The molecule has 0 aromatic heterocycles. The van der Waals surface area contributed by atoms with Gasteiger partial charge in [-0.2, -0.15) is 0 Å². The minimum Gasteiger partial charge on any atom is -0.494 e. The first-order valence-electron chi connectivity index (χ1n) is 6.36. The molecule has 3 heteroatoms. The van der Waals surface area contributed by atoms with Crippen LogP contribution in [0.1, 0.15) is 24.0 Å². The third-order valence-electron chi connectivity index (χ3n) is 2.60. The quantitative estimate of drug-likeness (QED) is 0.664. The molecule has 0 bridgehead atoms. The molecule has 0 spiro atoms. The summed E-state index contributed by atoms with van der Waals surface area (Å²) in [4.78, 5) is 0. The molecule has 0 heterocycles. The van der Waals surface area contributed by atoms with Crippen molar-refractivity contribution in [2.75, 3.05) is 26.3 Å². The third-order valence-corrected chi connectivity index (χ3v) is 2.60. The molecule has 0 fully saturated rings. The number of hydrogen-bond donors (Lipinski definition) is 2. The fraction of sp³-hybridized carbons (Fsp3) is 0.571. The van der Waals surface area contributed by atoms with Gasteiger partial charge in [-0.3, -0.25) is 0 Å². The van der Waals surface area contributed by atoms with Crippen LogP contribution < -0.4 is 10.1 Å². The second-order valence-electron chi connectivity index (χ2n) is 4.47. The van der Waals surface area contributed by atoms with Crippen LogP contribution in [0.2, 0.25) is 0 Å². The highest BCUT2D eigenvalue weighted by atomic mass is 16.5. The Morgan fingerprint density at radius 3 is 2.41 bits per heavy atom. The Labute approximate surface area is 104 Å². The number of benzene rings is 1. The van der Waals surface area contributed by atoms with Crippen LogP contribution in [0, 0.1) is 13.8 Å². The van der Waals surface area contributed by atoms with E-state index in [1.807, 2.05) is 0 Å². The monoisotopic (exact) mass is 238 g/mol. The second-order valence-corrected chi connectivity index (χ2v) is 4.47. The Hall–Kier alpha value is -1.06. The molecule has 0 radical (unpaired) electrons. The minimum absolute atomic E-state index is 0.263. The molecule has 0 aliphatic rings. The SMILES string of the molecule is Cc1cc(C)cc(OCCCC[NH2+]CCO)c1. The van der Waals surface area contributed by atoms with E-state index in [1.54, 1.807) is 0 Å². The summed E-state index contributed by atoms with van der Waals surface area (Å²) in [5, 5.41) is 10.7. The number of nitrogens with two attached hydrogens (primary N) is 1. The highest BCUT2D eigenvalue weighted by Gasteiger charge is 1.97. The first-order valence-corrected chi connectivity index (χ1v) is 6.36. The third kappa shape index (κ3) is 6.29. The molecular formula is C14H24NO2+. The zero-order valence-electron chi connectivity index (χ0n) is 10.9. The van der Waals surface area contributed by atoms with E-state index < -0.39 is 0 Å². The van der Waals surface area contributed by atoms with Crippen molar-refractivity contribution >= 4 is 0 Å². The molecule has 3 N–H and O–H groups in total. The lowest BCUT2D eigenvalue weighted by Crippen LogP contribution is -2.85. The fourth-order valence-corrected chi connectivity index (χ4v) is 1.83. The summed E-state index contributed by atoms with van der Waals surface area (Å²) in [7, 11) is 0. The summed E-state index contributed by atoms with van der Waals surface area (Å²) in [6, 6.07) is 6.30. The van der Waals surface area contributed by atoms with Crippen molar-refractivity contribution in [1.82, 2.24) is 0 Å². The zero-order chi connectivity index (χ0) is 12.5. The summed E-state index contributed by atoms with van der Waals surface area (Å²) in [6.45, 7) is 7.08. The summed E-state index contributed by atoms with van der Waals surface area (Å²) in [5.74, 6) is 0.974. The van der Waals surface area contributed by atoms with Crippen LogP contribution in [-0.2, 0) is 0 Å². The van der Waals surface area contributed by atoms with Crippen LogP contribution in [0.5, 0.6) is 5.75 Å². The Balaban J connectivity index is 2.13. The molecule has 17 heavy (non-hydrogen) atoms. The average Bonchev–Trinajstić information content (AvgIpc) is 2.26. The fourth-order valence-electron chi connectivity index (χ4n) is 1.83. The second kappa shape index (κ2) is 8.09. The van der Waals surface area contributed by atoms with Crippen LogP contribution in [0.4, 0.5) is 0 Å². The maximum absolute atomic E-state index is 8.61. The van der Waals surface area contributed by atoms with Gasteiger partial charge in [0.15, 0.2) is 0 Å². The van der Waals surface area contributed by atoms with Crippen molar-refractivity contribution in [3.05, 3.63) is 29.3 Å². The Bertz CT molecular complexity index is 306.